The van der Waals surface area contributed by atoms with Crippen molar-refractivity contribution in [1.29, 1.82) is 0 Å². The van der Waals surface area contributed by atoms with Gasteiger partial charge in [-0.05, 0) is 24.5 Å². The molecule has 1 unspecified atom stereocenters. The summed E-state index contributed by atoms with van der Waals surface area (Å²) in [7, 11) is 3.23. The van der Waals surface area contributed by atoms with Gasteiger partial charge in [0.1, 0.15) is 0 Å². The molecule has 1 aromatic rings. The van der Waals surface area contributed by atoms with Crippen LogP contribution in [0.3, 0.4) is 0 Å². The second-order valence-corrected chi connectivity index (χ2v) is 5.22. The predicted octanol–water partition coefficient (Wildman–Crippen LogP) is 0.479. The third kappa shape index (κ3) is 4.01. The Hall–Kier alpha value is -1.95. The van der Waals surface area contributed by atoms with Crippen molar-refractivity contribution in [3.05, 3.63) is 29.6 Å². The zero-order chi connectivity index (χ0) is 15.2. The Kier molecular flexibility index (Phi) is 5.27. The maximum absolute atomic E-state index is 11.9. The SMILES string of the molecule is CNC(=O)c1ccnc(CC2CC(=O)N(CCOC)C2)c1. The van der Waals surface area contributed by atoms with E-state index in [1.54, 1.807) is 32.5 Å². The average molecular weight is 291 g/mol. The van der Waals surface area contributed by atoms with Crippen LogP contribution in [0, 0.1) is 5.92 Å². The highest BCUT2D eigenvalue weighted by Gasteiger charge is 2.29. The first-order chi connectivity index (χ1) is 10.1. The van der Waals surface area contributed by atoms with Gasteiger partial charge in [-0.1, -0.05) is 0 Å². The molecular formula is C15H21N3O3. The van der Waals surface area contributed by atoms with Crippen molar-refractivity contribution in [2.45, 2.75) is 12.8 Å². The van der Waals surface area contributed by atoms with Gasteiger partial charge in [-0.15, -0.1) is 0 Å². The summed E-state index contributed by atoms with van der Waals surface area (Å²) in [5, 5.41) is 2.60. The van der Waals surface area contributed by atoms with Crippen molar-refractivity contribution in [3.8, 4) is 0 Å². The summed E-state index contributed by atoms with van der Waals surface area (Å²) >= 11 is 0. The van der Waals surface area contributed by atoms with Crippen LogP contribution in [0.15, 0.2) is 18.3 Å². The third-order valence-electron chi connectivity index (χ3n) is 3.66. The summed E-state index contributed by atoms with van der Waals surface area (Å²) in [5.41, 5.74) is 1.45. The normalized spacial score (nSPS) is 18.1. The first-order valence-corrected chi connectivity index (χ1v) is 7.07. The van der Waals surface area contributed by atoms with Crippen LogP contribution in [0.1, 0.15) is 22.5 Å². The van der Waals surface area contributed by atoms with Crippen LogP contribution >= 0.6 is 0 Å². The molecule has 2 amide bonds. The molecule has 0 spiro atoms. The molecule has 1 saturated heterocycles. The molecule has 0 saturated carbocycles. The second kappa shape index (κ2) is 7.17. The minimum Gasteiger partial charge on any atom is -0.383 e. The van der Waals surface area contributed by atoms with E-state index in [2.05, 4.69) is 10.3 Å². The summed E-state index contributed by atoms with van der Waals surface area (Å²) in [6.07, 6.45) is 2.88. The molecule has 1 atom stereocenters. The standard InChI is InChI=1S/C15H21N3O3/c1-16-15(20)12-3-4-17-13(9-12)7-11-8-14(19)18(10-11)5-6-21-2/h3-4,9,11H,5-8,10H2,1-2H3,(H,16,20). The van der Waals surface area contributed by atoms with Crippen LogP contribution < -0.4 is 5.32 Å². The van der Waals surface area contributed by atoms with Gasteiger partial charge in [0.25, 0.3) is 5.91 Å². The summed E-state index contributed by atoms with van der Waals surface area (Å²) in [5.74, 6) is 0.296. The fraction of sp³-hybridized carbons (Fsp3) is 0.533. The van der Waals surface area contributed by atoms with Crippen molar-refractivity contribution in [2.24, 2.45) is 5.92 Å². The van der Waals surface area contributed by atoms with Gasteiger partial charge in [0.05, 0.1) is 6.61 Å². The number of hydrogen-bond acceptors (Lipinski definition) is 4. The lowest BCUT2D eigenvalue weighted by molar-refractivity contribution is -0.128. The number of nitrogens with one attached hydrogen (secondary N) is 1. The van der Waals surface area contributed by atoms with Gasteiger partial charge in [0.15, 0.2) is 0 Å². The minimum absolute atomic E-state index is 0.122. The number of ether oxygens (including phenoxy) is 1. The molecule has 1 aliphatic heterocycles. The zero-order valence-electron chi connectivity index (χ0n) is 12.5. The van der Waals surface area contributed by atoms with E-state index in [1.165, 1.54) is 0 Å². The second-order valence-electron chi connectivity index (χ2n) is 5.22. The monoisotopic (exact) mass is 291 g/mol. The molecule has 0 radical (unpaired) electrons. The van der Waals surface area contributed by atoms with Crippen molar-refractivity contribution in [2.75, 3.05) is 33.9 Å². The molecular weight excluding hydrogens is 270 g/mol. The minimum atomic E-state index is -0.122. The van der Waals surface area contributed by atoms with Crippen molar-refractivity contribution >= 4 is 11.8 Å². The number of methoxy groups -OCH3 is 1. The van der Waals surface area contributed by atoms with Gasteiger partial charge in [0, 0.05) is 51.1 Å². The number of aromatic nitrogens is 1. The van der Waals surface area contributed by atoms with E-state index in [4.69, 9.17) is 4.74 Å². The summed E-state index contributed by atoms with van der Waals surface area (Å²) < 4.78 is 5.01. The molecule has 0 aliphatic carbocycles. The molecule has 0 aromatic carbocycles. The van der Waals surface area contributed by atoms with Crippen LogP contribution in [0.2, 0.25) is 0 Å². The lowest BCUT2D eigenvalue weighted by Gasteiger charge is -2.15. The lowest BCUT2D eigenvalue weighted by atomic mass is 10.0. The van der Waals surface area contributed by atoms with Crippen LogP contribution in [0.4, 0.5) is 0 Å². The molecule has 6 heteroatoms. The van der Waals surface area contributed by atoms with Gasteiger partial charge in [-0.2, -0.15) is 0 Å². The highest BCUT2D eigenvalue weighted by molar-refractivity contribution is 5.93. The number of nitrogens with zero attached hydrogens (tertiary/aromatic N) is 2. The Morgan fingerprint density at radius 3 is 3.10 bits per heavy atom. The zero-order valence-corrected chi connectivity index (χ0v) is 12.5. The molecule has 1 fully saturated rings. The quantitative estimate of drug-likeness (QED) is 0.827. The Morgan fingerprint density at radius 2 is 2.38 bits per heavy atom. The summed E-state index contributed by atoms with van der Waals surface area (Å²) in [4.78, 5) is 29.6. The summed E-state index contributed by atoms with van der Waals surface area (Å²) in [6, 6.07) is 3.48. The van der Waals surface area contributed by atoms with E-state index in [9.17, 15) is 9.59 Å². The number of pyridine rings is 1. The van der Waals surface area contributed by atoms with Gasteiger partial charge < -0.3 is 15.0 Å². The number of rotatable bonds is 6. The van der Waals surface area contributed by atoms with E-state index in [-0.39, 0.29) is 17.7 Å². The molecule has 1 aromatic heterocycles. The van der Waals surface area contributed by atoms with E-state index < -0.39 is 0 Å². The van der Waals surface area contributed by atoms with E-state index >= 15 is 0 Å². The number of amides is 2. The largest absolute Gasteiger partial charge is 0.383 e. The van der Waals surface area contributed by atoms with Gasteiger partial charge in [-0.3, -0.25) is 14.6 Å². The Morgan fingerprint density at radius 1 is 1.57 bits per heavy atom. The molecule has 2 rings (SSSR count). The Bertz CT molecular complexity index is 519. The number of hydrogen-bond donors (Lipinski definition) is 1. The van der Waals surface area contributed by atoms with Gasteiger partial charge in [-0.25, -0.2) is 0 Å². The maximum atomic E-state index is 11.9. The first kappa shape index (κ1) is 15.4. The van der Waals surface area contributed by atoms with E-state index in [0.717, 1.165) is 12.2 Å². The Labute approximate surface area is 124 Å². The number of carbonyl (C=O) groups is 2. The molecule has 114 valence electrons. The Balaban J connectivity index is 1.96. The third-order valence-corrected chi connectivity index (χ3v) is 3.66. The molecule has 21 heavy (non-hydrogen) atoms. The topological polar surface area (TPSA) is 71.5 Å². The van der Waals surface area contributed by atoms with E-state index in [1.807, 2.05) is 4.90 Å². The molecule has 1 N–H and O–H groups in total. The van der Waals surface area contributed by atoms with Crippen LogP contribution in [-0.2, 0) is 16.0 Å². The fourth-order valence-corrected chi connectivity index (χ4v) is 2.58. The number of likely N-dealkylation sites (tertiary alicyclic amines) is 1. The first-order valence-electron chi connectivity index (χ1n) is 7.07. The van der Waals surface area contributed by atoms with Crippen molar-refractivity contribution in [3.63, 3.8) is 0 Å². The summed E-state index contributed by atoms with van der Waals surface area (Å²) in [6.45, 7) is 1.93. The van der Waals surface area contributed by atoms with Crippen molar-refractivity contribution < 1.29 is 14.3 Å². The number of carbonyl (C=O) groups excluding carboxylic acids is 2. The molecule has 1 aliphatic rings. The maximum Gasteiger partial charge on any atom is 0.251 e. The highest BCUT2D eigenvalue weighted by atomic mass is 16.5. The van der Waals surface area contributed by atoms with Crippen LogP contribution in [0.25, 0.3) is 0 Å². The van der Waals surface area contributed by atoms with Gasteiger partial charge in [0.2, 0.25) is 5.91 Å². The molecule has 6 nitrogen and oxygen atoms in total. The lowest BCUT2D eigenvalue weighted by Crippen LogP contribution is -2.29. The molecule has 2 heterocycles. The average Bonchev–Trinajstić information content (AvgIpc) is 2.84. The van der Waals surface area contributed by atoms with Gasteiger partial charge >= 0.3 is 0 Å². The fourth-order valence-electron chi connectivity index (χ4n) is 2.58. The van der Waals surface area contributed by atoms with Crippen LogP contribution in [0.5, 0.6) is 0 Å². The van der Waals surface area contributed by atoms with E-state index in [0.29, 0.717) is 31.6 Å². The molecule has 0 bridgehead atoms. The predicted molar refractivity (Wildman–Crippen MR) is 77.9 cm³/mol. The van der Waals surface area contributed by atoms with Crippen LogP contribution in [-0.4, -0.2) is 55.6 Å². The highest BCUT2D eigenvalue weighted by Crippen LogP contribution is 2.21. The smallest absolute Gasteiger partial charge is 0.251 e. The van der Waals surface area contributed by atoms with Crippen molar-refractivity contribution in [1.82, 2.24) is 15.2 Å².